The number of carboxylic acid groups (broad SMARTS) is 1. The molecule has 0 saturated carbocycles. The molecule has 0 fully saturated rings. The van der Waals surface area contributed by atoms with Crippen LogP contribution in [-0.4, -0.2) is 49.1 Å². The number of sulfonamides is 1. The van der Waals surface area contributed by atoms with Gasteiger partial charge in [0.1, 0.15) is 22.6 Å². The fraction of sp³-hybridized carbons (Fsp3) is 0.538. The molecule has 0 bridgehead atoms. The van der Waals surface area contributed by atoms with Crippen molar-refractivity contribution in [1.29, 1.82) is 0 Å². The lowest BCUT2D eigenvalue weighted by molar-refractivity contribution is -0.135. The van der Waals surface area contributed by atoms with Crippen LogP contribution in [0.5, 0.6) is 0 Å². The van der Waals surface area contributed by atoms with Gasteiger partial charge in [0.15, 0.2) is 0 Å². The number of likely N-dealkylation sites (N-methyl/N-ethyl adjacent to an activating group) is 1. The largest absolute Gasteiger partial charge is 0.478 e. The van der Waals surface area contributed by atoms with Gasteiger partial charge in [0.2, 0.25) is 15.9 Å². The molecule has 9 heteroatoms. The van der Waals surface area contributed by atoms with Crippen LogP contribution in [-0.2, 0) is 21.4 Å². The van der Waals surface area contributed by atoms with Crippen LogP contribution < -0.4 is 4.72 Å². The van der Waals surface area contributed by atoms with E-state index in [2.05, 4.69) is 4.72 Å². The molecule has 0 atom stereocenters. The zero-order valence-corrected chi connectivity index (χ0v) is 13.9. The molecule has 1 aromatic rings. The summed E-state index contributed by atoms with van der Waals surface area (Å²) in [5.74, 6) is -1.03. The summed E-state index contributed by atoms with van der Waals surface area (Å²) in [6.07, 6.45) is 0.969. The van der Waals surface area contributed by atoms with Crippen LogP contribution in [0.2, 0.25) is 0 Å². The zero-order chi connectivity index (χ0) is 17.3. The highest BCUT2D eigenvalue weighted by Crippen LogP contribution is 2.17. The minimum absolute atomic E-state index is 0.0296. The van der Waals surface area contributed by atoms with E-state index in [1.165, 1.54) is 38.8 Å². The Morgan fingerprint density at radius 1 is 1.41 bits per heavy atom. The summed E-state index contributed by atoms with van der Waals surface area (Å²) in [6.45, 7) is 4.44. The van der Waals surface area contributed by atoms with E-state index >= 15 is 0 Å². The van der Waals surface area contributed by atoms with Crippen molar-refractivity contribution in [3.63, 3.8) is 0 Å². The van der Waals surface area contributed by atoms with Gasteiger partial charge < -0.3 is 14.4 Å². The summed E-state index contributed by atoms with van der Waals surface area (Å²) >= 11 is 0. The van der Waals surface area contributed by atoms with Crippen LogP contribution in [0.3, 0.4) is 0 Å². The molecular formula is C13H20N2O6S. The molecule has 0 saturated heterocycles. The fourth-order valence-electron chi connectivity index (χ4n) is 2.12. The maximum Gasteiger partial charge on any atom is 0.339 e. The summed E-state index contributed by atoms with van der Waals surface area (Å²) < 4.78 is 30.1. The molecule has 22 heavy (non-hydrogen) atoms. The Morgan fingerprint density at radius 3 is 2.36 bits per heavy atom. The number of carbonyl (C=O) groups excluding carboxylic acids is 1. The smallest absolute Gasteiger partial charge is 0.339 e. The Labute approximate surface area is 129 Å². The van der Waals surface area contributed by atoms with Gasteiger partial charge >= 0.3 is 5.97 Å². The molecular weight excluding hydrogens is 312 g/mol. The molecule has 0 unspecified atom stereocenters. The van der Waals surface area contributed by atoms with Gasteiger partial charge in [-0.25, -0.2) is 17.9 Å². The number of amides is 1. The van der Waals surface area contributed by atoms with E-state index in [4.69, 9.17) is 9.52 Å². The first-order valence-corrected chi connectivity index (χ1v) is 8.30. The number of carbonyl (C=O) groups is 2. The molecule has 0 radical (unpaired) electrons. The zero-order valence-electron chi connectivity index (χ0n) is 13.1. The normalized spacial score (nSPS) is 12.2. The van der Waals surface area contributed by atoms with Crippen LogP contribution in [0.25, 0.3) is 0 Å². The number of nitrogens with one attached hydrogen (secondary N) is 1. The minimum Gasteiger partial charge on any atom is -0.478 e. The molecule has 2 N–H and O–H groups in total. The number of rotatable bonds is 6. The van der Waals surface area contributed by atoms with Gasteiger partial charge in [0.25, 0.3) is 0 Å². The molecule has 0 aliphatic carbocycles. The summed E-state index contributed by atoms with van der Waals surface area (Å²) in [7, 11) is -2.07. The van der Waals surface area contributed by atoms with Gasteiger partial charge in [-0.3, -0.25) is 4.79 Å². The average molecular weight is 332 g/mol. The number of furan rings is 1. The van der Waals surface area contributed by atoms with Gasteiger partial charge in [-0.1, -0.05) is 0 Å². The lowest BCUT2D eigenvalue weighted by Gasteiger charge is -2.28. The molecule has 0 aliphatic heterocycles. The second-order valence-corrected chi connectivity index (χ2v) is 7.40. The Kier molecular flexibility index (Phi) is 5.03. The van der Waals surface area contributed by atoms with Gasteiger partial charge in [-0.2, -0.15) is 0 Å². The molecule has 0 aromatic carbocycles. The van der Waals surface area contributed by atoms with Crippen molar-refractivity contribution in [1.82, 2.24) is 9.62 Å². The van der Waals surface area contributed by atoms with E-state index < -0.39 is 27.4 Å². The highest BCUT2D eigenvalue weighted by molar-refractivity contribution is 7.88. The lowest BCUT2D eigenvalue weighted by atomic mass is 10.1. The summed E-state index contributed by atoms with van der Waals surface area (Å²) in [5.41, 5.74) is -1.29. The lowest BCUT2D eigenvalue weighted by Crippen LogP contribution is -2.54. The molecule has 0 aliphatic rings. The van der Waals surface area contributed by atoms with E-state index in [1.54, 1.807) is 0 Å². The summed E-state index contributed by atoms with van der Waals surface area (Å²) in [5, 5.41) is 8.96. The quantitative estimate of drug-likeness (QED) is 0.786. The average Bonchev–Trinajstić information content (AvgIpc) is 2.66. The SMILES string of the molecule is Cc1oc(CN(C)C(=O)C(C)(C)NS(C)(=O)=O)cc1C(=O)O. The van der Waals surface area contributed by atoms with E-state index in [-0.39, 0.29) is 17.9 Å². The number of hydrogen-bond acceptors (Lipinski definition) is 5. The first-order valence-electron chi connectivity index (χ1n) is 6.40. The first kappa shape index (κ1) is 18.2. The van der Waals surface area contributed by atoms with E-state index in [0.717, 1.165) is 6.26 Å². The molecule has 1 aromatic heterocycles. The second kappa shape index (κ2) is 6.09. The number of aryl methyl sites for hydroxylation is 1. The standard InChI is InChI=1S/C13H20N2O6S/c1-8-10(11(16)17)6-9(21-8)7-15(4)12(18)13(2,3)14-22(5,19)20/h6,14H,7H2,1-5H3,(H,16,17). The van der Waals surface area contributed by atoms with Crippen LogP contribution in [0, 0.1) is 6.92 Å². The van der Waals surface area contributed by atoms with E-state index in [0.29, 0.717) is 5.76 Å². The number of carboxylic acids is 1. The van der Waals surface area contributed by atoms with Crippen LogP contribution in [0.15, 0.2) is 10.5 Å². The molecule has 0 spiro atoms. The molecule has 124 valence electrons. The number of nitrogens with zero attached hydrogens (tertiary/aromatic N) is 1. The summed E-state index contributed by atoms with van der Waals surface area (Å²) in [4.78, 5) is 24.5. The van der Waals surface area contributed by atoms with Crippen molar-refractivity contribution in [3.8, 4) is 0 Å². The van der Waals surface area contributed by atoms with Crippen molar-refractivity contribution in [2.45, 2.75) is 32.9 Å². The van der Waals surface area contributed by atoms with Crippen molar-refractivity contribution >= 4 is 21.9 Å². The fourth-order valence-corrected chi connectivity index (χ4v) is 3.14. The Bertz CT molecular complexity index is 689. The van der Waals surface area contributed by atoms with Crippen LogP contribution in [0.1, 0.15) is 35.7 Å². The Morgan fingerprint density at radius 2 is 1.95 bits per heavy atom. The monoisotopic (exact) mass is 332 g/mol. The van der Waals surface area contributed by atoms with Crippen LogP contribution >= 0.6 is 0 Å². The van der Waals surface area contributed by atoms with Crippen molar-refractivity contribution in [2.75, 3.05) is 13.3 Å². The van der Waals surface area contributed by atoms with Crippen molar-refractivity contribution in [3.05, 3.63) is 23.2 Å². The third kappa shape index (κ3) is 4.57. The third-order valence-corrected chi connectivity index (χ3v) is 3.80. The number of aromatic carboxylic acids is 1. The van der Waals surface area contributed by atoms with Crippen molar-refractivity contribution < 1.29 is 27.5 Å². The van der Waals surface area contributed by atoms with Crippen LogP contribution in [0.4, 0.5) is 0 Å². The van der Waals surface area contributed by atoms with Gasteiger partial charge in [0, 0.05) is 7.05 Å². The van der Waals surface area contributed by atoms with Gasteiger partial charge in [-0.05, 0) is 26.8 Å². The number of hydrogen-bond donors (Lipinski definition) is 2. The maximum absolute atomic E-state index is 12.3. The molecule has 1 rings (SSSR count). The van der Waals surface area contributed by atoms with E-state index in [1.807, 2.05) is 0 Å². The minimum atomic E-state index is -3.55. The third-order valence-electron chi connectivity index (χ3n) is 2.91. The highest BCUT2D eigenvalue weighted by atomic mass is 32.2. The Balaban J connectivity index is 2.88. The molecule has 1 heterocycles. The maximum atomic E-state index is 12.3. The first-order chi connectivity index (χ1) is 9.83. The van der Waals surface area contributed by atoms with Crippen molar-refractivity contribution in [2.24, 2.45) is 0 Å². The molecule has 1 amide bonds. The van der Waals surface area contributed by atoms with Gasteiger partial charge in [-0.15, -0.1) is 0 Å². The Hall–Kier alpha value is -1.87. The summed E-state index contributed by atoms with van der Waals surface area (Å²) in [6, 6.07) is 1.35. The van der Waals surface area contributed by atoms with E-state index in [9.17, 15) is 18.0 Å². The predicted molar refractivity (Wildman–Crippen MR) is 78.9 cm³/mol. The second-order valence-electron chi connectivity index (χ2n) is 5.65. The topological polar surface area (TPSA) is 117 Å². The predicted octanol–water partition coefficient (Wildman–Crippen LogP) is 0.572. The highest BCUT2D eigenvalue weighted by Gasteiger charge is 2.33. The van der Waals surface area contributed by atoms with Gasteiger partial charge in [0.05, 0.1) is 12.8 Å². The molecule has 8 nitrogen and oxygen atoms in total.